The molecule has 0 radical (unpaired) electrons. The quantitative estimate of drug-likeness (QED) is 0.664. The molecule has 6 nitrogen and oxygen atoms in total. The number of aromatic nitrogens is 2. The number of benzene rings is 1. The van der Waals surface area contributed by atoms with Gasteiger partial charge >= 0.3 is 0 Å². The van der Waals surface area contributed by atoms with Gasteiger partial charge in [-0.3, -0.25) is 0 Å². The molecule has 2 aromatic rings. The second-order valence-electron chi connectivity index (χ2n) is 4.50. The van der Waals surface area contributed by atoms with Crippen molar-refractivity contribution in [1.82, 2.24) is 9.78 Å². The first kappa shape index (κ1) is 11.5. The number of nitrogens with zero attached hydrogens (tertiary/aromatic N) is 2. The lowest BCUT2D eigenvalue weighted by atomic mass is 10.2. The SMILES string of the molecule is Nc1cccc2nn([C@H]3C[C@H](O)[C@@H](CO)O3)cc12. The fourth-order valence-electron chi connectivity index (χ4n) is 2.27. The number of nitrogens with two attached hydrogens (primary N) is 1. The molecule has 0 aliphatic carbocycles. The lowest BCUT2D eigenvalue weighted by Gasteiger charge is -2.11. The molecule has 96 valence electrons. The summed E-state index contributed by atoms with van der Waals surface area (Å²) in [6, 6.07) is 5.53. The minimum atomic E-state index is -0.662. The monoisotopic (exact) mass is 249 g/mol. The van der Waals surface area contributed by atoms with E-state index in [4.69, 9.17) is 15.6 Å². The zero-order valence-corrected chi connectivity index (χ0v) is 9.73. The molecule has 4 N–H and O–H groups in total. The molecule has 1 saturated heterocycles. The highest BCUT2D eigenvalue weighted by Crippen LogP contribution is 2.30. The van der Waals surface area contributed by atoms with Gasteiger partial charge in [0.25, 0.3) is 0 Å². The molecule has 1 aliphatic rings. The number of aliphatic hydroxyl groups is 2. The average Bonchev–Trinajstić information content (AvgIpc) is 2.93. The van der Waals surface area contributed by atoms with E-state index >= 15 is 0 Å². The predicted molar refractivity (Wildman–Crippen MR) is 65.8 cm³/mol. The molecule has 1 aromatic carbocycles. The van der Waals surface area contributed by atoms with E-state index < -0.39 is 12.2 Å². The van der Waals surface area contributed by atoms with Crippen LogP contribution < -0.4 is 5.73 Å². The zero-order chi connectivity index (χ0) is 12.7. The van der Waals surface area contributed by atoms with Crippen molar-refractivity contribution in [3.05, 3.63) is 24.4 Å². The molecule has 0 saturated carbocycles. The molecule has 2 heterocycles. The van der Waals surface area contributed by atoms with Gasteiger partial charge in [0.2, 0.25) is 0 Å². The second-order valence-corrected chi connectivity index (χ2v) is 4.50. The second kappa shape index (κ2) is 4.24. The first-order valence-corrected chi connectivity index (χ1v) is 5.87. The average molecular weight is 249 g/mol. The molecule has 3 atom stereocenters. The molecule has 3 rings (SSSR count). The molecule has 1 fully saturated rings. The van der Waals surface area contributed by atoms with Gasteiger partial charge in [0.15, 0.2) is 6.23 Å². The van der Waals surface area contributed by atoms with Crippen LogP contribution >= 0.6 is 0 Å². The number of aliphatic hydroxyl groups excluding tert-OH is 2. The third-order valence-corrected chi connectivity index (χ3v) is 3.28. The van der Waals surface area contributed by atoms with Crippen molar-refractivity contribution in [3.63, 3.8) is 0 Å². The van der Waals surface area contributed by atoms with E-state index in [9.17, 15) is 5.11 Å². The Morgan fingerprint density at radius 2 is 2.33 bits per heavy atom. The number of hydrogen-bond donors (Lipinski definition) is 3. The molecule has 0 amide bonds. The van der Waals surface area contributed by atoms with Crippen LogP contribution in [0.25, 0.3) is 10.9 Å². The standard InChI is InChI=1S/C12H15N3O3/c13-8-2-1-3-9-7(8)5-15(14-9)12-4-10(17)11(6-16)18-12/h1-3,5,10-12,16-17H,4,6,13H2/t10-,11+,12+/m0/s1. The van der Waals surface area contributed by atoms with Crippen LogP contribution in [-0.4, -0.2) is 38.8 Å². The lowest BCUT2D eigenvalue weighted by Crippen LogP contribution is -2.24. The van der Waals surface area contributed by atoms with Crippen LogP contribution in [0.1, 0.15) is 12.6 Å². The van der Waals surface area contributed by atoms with Gasteiger partial charge in [0.1, 0.15) is 6.10 Å². The van der Waals surface area contributed by atoms with Gasteiger partial charge in [-0.1, -0.05) is 6.07 Å². The van der Waals surface area contributed by atoms with Gasteiger partial charge in [-0.2, -0.15) is 5.10 Å². The maximum atomic E-state index is 9.70. The largest absolute Gasteiger partial charge is 0.398 e. The summed E-state index contributed by atoms with van der Waals surface area (Å²) in [5.74, 6) is 0. The summed E-state index contributed by atoms with van der Waals surface area (Å²) < 4.78 is 7.19. The van der Waals surface area contributed by atoms with Crippen molar-refractivity contribution in [2.45, 2.75) is 24.9 Å². The maximum Gasteiger partial charge on any atom is 0.153 e. The van der Waals surface area contributed by atoms with E-state index in [0.717, 1.165) is 10.9 Å². The zero-order valence-electron chi connectivity index (χ0n) is 9.73. The van der Waals surface area contributed by atoms with Crippen molar-refractivity contribution >= 4 is 16.6 Å². The number of nitrogen functional groups attached to an aromatic ring is 1. The summed E-state index contributed by atoms with van der Waals surface area (Å²) in [6.45, 7) is -0.194. The molecule has 0 bridgehead atoms. The minimum Gasteiger partial charge on any atom is -0.398 e. The topological polar surface area (TPSA) is 93.5 Å². The van der Waals surface area contributed by atoms with E-state index in [1.165, 1.54) is 0 Å². The summed E-state index contributed by atoms with van der Waals surface area (Å²) in [6.07, 6.45) is 0.661. The van der Waals surface area contributed by atoms with Gasteiger partial charge in [-0.25, -0.2) is 4.68 Å². The summed E-state index contributed by atoms with van der Waals surface area (Å²) >= 11 is 0. The maximum absolute atomic E-state index is 9.70. The predicted octanol–water partition coefficient (Wildman–Crippen LogP) is 0.259. The first-order valence-electron chi connectivity index (χ1n) is 5.87. The molecular formula is C12H15N3O3. The number of fused-ring (bicyclic) bond motifs is 1. The Labute approximate surface area is 104 Å². The minimum absolute atomic E-state index is 0.194. The van der Waals surface area contributed by atoms with Crippen molar-refractivity contribution in [2.24, 2.45) is 0 Å². The Kier molecular flexibility index (Phi) is 2.70. The number of hydrogen-bond acceptors (Lipinski definition) is 5. The van der Waals surface area contributed by atoms with Gasteiger partial charge in [0, 0.05) is 23.7 Å². The van der Waals surface area contributed by atoms with Gasteiger partial charge in [-0.05, 0) is 12.1 Å². The Bertz CT molecular complexity index is 569. The van der Waals surface area contributed by atoms with E-state index in [0.29, 0.717) is 12.1 Å². The van der Waals surface area contributed by atoms with Gasteiger partial charge in [0.05, 0.1) is 18.2 Å². The Morgan fingerprint density at radius 1 is 1.50 bits per heavy atom. The number of ether oxygens (including phenoxy) is 1. The number of anilines is 1. The van der Waals surface area contributed by atoms with Crippen molar-refractivity contribution in [2.75, 3.05) is 12.3 Å². The lowest BCUT2D eigenvalue weighted by molar-refractivity contribution is -0.0481. The number of rotatable bonds is 2. The van der Waals surface area contributed by atoms with Crippen LogP contribution in [0.2, 0.25) is 0 Å². The van der Waals surface area contributed by atoms with Crippen molar-refractivity contribution in [1.29, 1.82) is 0 Å². The van der Waals surface area contributed by atoms with E-state index in [1.54, 1.807) is 4.68 Å². The molecule has 18 heavy (non-hydrogen) atoms. The highest BCUT2D eigenvalue weighted by molar-refractivity contribution is 5.89. The first-order chi connectivity index (χ1) is 8.69. The van der Waals surface area contributed by atoms with Crippen LogP contribution in [0.4, 0.5) is 5.69 Å². The summed E-state index contributed by atoms with van der Waals surface area (Å²) in [5.41, 5.74) is 7.32. The summed E-state index contributed by atoms with van der Waals surface area (Å²) in [5, 5.41) is 24.0. The molecular weight excluding hydrogens is 234 g/mol. The van der Waals surface area contributed by atoms with Crippen molar-refractivity contribution in [3.8, 4) is 0 Å². The fraction of sp³-hybridized carbons (Fsp3) is 0.417. The third-order valence-electron chi connectivity index (χ3n) is 3.28. The highest BCUT2D eigenvalue weighted by Gasteiger charge is 2.34. The van der Waals surface area contributed by atoms with Crippen LogP contribution in [0.3, 0.4) is 0 Å². The summed E-state index contributed by atoms with van der Waals surface area (Å²) in [4.78, 5) is 0. The normalized spacial score (nSPS) is 28.0. The van der Waals surface area contributed by atoms with Crippen LogP contribution in [-0.2, 0) is 4.74 Å². The van der Waals surface area contributed by atoms with Crippen LogP contribution in [0, 0.1) is 0 Å². The molecule has 0 unspecified atom stereocenters. The Hall–Kier alpha value is -1.63. The molecule has 1 aromatic heterocycles. The molecule has 0 spiro atoms. The van der Waals surface area contributed by atoms with E-state index in [-0.39, 0.29) is 12.8 Å². The third kappa shape index (κ3) is 1.74. The Balaban J connectivity index is 1.94. The smallest absolute Gasteiger partial charge is 0.153 e. The summed E-state index contributed by atoms with van der Waals surface area (Å²) in [7, 11) is 0. The Morgan fingerprint density at radius 3 is 3.00 bits per heavy atom. The molecule has 1 aliphatic heterocycles. The molecule has 6 heteroatoms. The van der Waals surface area contributed by atoms with E-state index in [1.807, 2.05) is 24.4 Å². The van der Waals surface area contributed by atoms with Crippen LogP contribution in [0.15, 0.2) is 24.4 Å². The van der Waals surface area contributed by atoms with Crippen molar-refractivity contribution < 1.29 is 14.9 Å². The van der Waals surface area contributed by atoms with Gasteiger partial charge < -0.3 is 20.7 Å². The fourth-order valence-corrected chi connectivity index (χ4v) is 2.27. The van der Waals surface area contributed by atoms with Gasteiger partial charge in [-0.15, -0.1) is 0 Å². The highest BCUT2D eigenvalue weighted by atomic mass is 16.5. The van der Waals surface area contributed by atoms with Crippen LogP contribution in [0.5, 0.6) is 0 Å². The van der Waals surface area contributed by atoms with E-state index in [2.05, 4.69) is 5.10 Å².